The lowest BCUT2D eigenvalue weighted by molar-refractivity contribution is -0.141. The lowest BCUT2D eigenvalue weighted by Crippen LogP contribution is -2.32. The summed E-state index contributed by atoms with van der Waals surface area (Å²) in [6, 6.07) is 6.34. The summed E-state index contributed by atoms with van der Waals surface area (Å²) in [7, 11) is 0. The van der Waals surface area contributed by atoms with E-state index in [2.05, 4.69) is 61.4 Å². The normalized spacial score (nSPS) is 11.9. The topological polar surface area (TPSA) is 254 Å². The maximum Gasteiger partial charge on any atom is 0.320 e. The van der Waals surface area contributed by atoms with Gasteiger partial charge in [0.2, 0.25) is 0 Å². The fourth-order valence-electron chi connectivity index (χ4n) is 3.14. The molecule has 0 aliphatic rings. The van der Waals surface area contributed by atoms with Crippen molar-refractivity contribution >= 4 is 23.8 Å². The van der Waals surface area contributed by atoms with Gasteiger partial charge in [-0.1, -0.05) is 19.1 Å². The summed E-state index contributed by atoms with van der Waals surface area (Å²) in [5.74, 6) is -0.611. The molecule has 2 atom stereocenters. The lowest BCUT2D eigenvalue weighted by Gasteiger charge is -2.07. The first kappa shape index (κ1) is 31.2. The molecule has 6 N–H and O–H groups in total. The zero-order chi connectivity index (χ0) is 30.5. The number of pyridine rings is 2. The Morgan fingerprint density at radius 3 is 1.50 bits per heavy atom. The van der Waals surface area contributed by atoms with Crippen LogP contribution in [0, 0.1) is 19.8 Å². The van der Waals surface area contributed by atoms with Crippen LogP contribution in [-0.2, 0) is 35.5 Å². The third-order valence-corrected chi connectivity index (χ3v) is 5.51. The van der Waals surface area contributed by atoms with Gasteiger partial charge in [-0.05, 0) is 37.1 Å². The van der Waals surface area contributed by atoms with Gasteiger partial charge in [0.05, 0.1) is 5.92 Å². The third kappa shape index (κ3) is 10.7. The average Bonchev–Trinajstić information content (AvgIpc) is 2.98. The standard InChI is InChI=1S/C13H16N6O2.C12H15N7O2/c1-8(12(20)21)5-11-4-3-10(6-14-11)7-15-13-18-16-9(2)17-19-13;1-7-16-18-12(19-17-7)15-6-8-2-3-9(14-5-8)4-10(13)11(20)21/h3-4,6,8H,5,7H2,1-2H3,(H,20,21)(H,15,18,19);2-3,5,10H,4,6,13H2,1H3,(H,20,21)(H,15,18,19)/t8-;10-/m00/s1. The molecule has 0 unspecified atom stereocenters. The number of anilines is 2. The van der Waals surface area contributed by atoms with Gasteiger partial charge in [0.15, 0.2) is 11.6 Å². The molecule has 4 rings (SSSR count). The van der Waals surface area contributed by atoms with Gasteiger partial charge in [0, 0.05) is 49.7 Å². The number of carboxylic acids is 2. The molecule has 0 radical (unpaired) electrons. The lowest BCUT2D eigenvalue weighted by atomic mass is 10.1. The molecule has 4 heterocycles. The van der Waals surface area contributed by atoms with Crippen LogP contribution in [0.1, 0.15) is 41.1 Å². The van der Waals surface area contributed by atoms with Crippen molar-refractivity contribution < 1.29 is 19.8 Å². The molecule has 0 bridgehead atoms. The van der Waals surface area contributed by atoms with Gasteiger partial charge in [-0.15, -0.1) is 40.8 Å². The van der Waals surface area contributed by atoms with Gasteiger partial charge in [-0.3, -0.25) is 19.6 Å². The van der Waals surface area contributed by atoms with Crippen molar-refractivity contribution in [2.24, 2.45) is 11.7 Å². The number of carbonyl (C=O) groups is 2. The van der Waals surface area contributed by atoms with E-state index in [9.17, 15) is 9.59 Å². The van der Waals surface area contributed by atoms with Crippen LogP contribution in [0.25, 0.3) is 0 Å². The van der Waals surface area contributed by atoms with Gasteiger partial charge in [-0.25, -0.2) is 0 Å². The highest BCUT2D eigenvalue weighted by atomic mass is 16.4. The third-order valence-electron chi connectivity index (χ3n) is 5.51. The van der Waals surface area contributed by atoms with Crippen molar-refractivity contribution in [1.29, 1.82) is 0 Å². The second-order valence-electron chi connectivity index (χ2n) is 9.16. The van der Waals surface area contributed by atoms with Crippen LogP contribution < -0.4 is 16.4 Å². The molecule has 220 valence electrons. The van der Waals surface area contributed by atoms with Gasteiger partial charge in [-0.2, -0.15) is 0 Å². The molecular weight excluding hydrogens is 546 g/mol. The molecule has 0 aliphatic heterocycles. The molecule has 0 saturated heterocycles. The highest BCUT2D eigenvalue weighted by Crippen LogP contribution is 2.09. The molecule has 17 nitrogen and oxygen atoms in total. The van der Waals surface area contributed by atoms with Crippen molar-refractivity contribution in [1.82, 2.24) is 50.8 Å². The predicted molar refractivity (Wildman–Crippen MR) is 148 cm³/mol. The number of carboxylic acid groups (broad SMARTS) is 2. The Labute approximate surface area is 240 Å². The minimum Gasteiger partial charge on any atom is -0.481 e. The summed E-state index contributed by atoms with van der Waals surface area (Å²) in [6.07, 6.45) is 3.95. The van der Waals surface area contributed by atoms with E-state index in [0.717, 1.165) is 16.8 Å². The number of hydrogen-bond donors (Lipinski definition) is 5. The summed E-state index contributed by atoms with van der Waals surface area (Å²) in [4.78, 5) is 29.9. The van der Waals surface area contributed by atoms with Gasteiger partial charge in [0.25, 0.3) is 11.9 Å². The van der Waals surface area contributed by atoms with E-state index in [1.165, 1.54) is 0 Å². The number of aliphatic carboxylic acids is 2. The quantitative estimate of drug-likeness (QED) is 0.152. The number of aryl methyl sites for hydroxylation is 2. The highest BCUT2D eigenvalue weighted by molar-refractivity contribution is 5.73. The van der Waals surface area contributed by atoms with Crippen molar-refractivity contribution in [3.8, 4) is 0 Å². The average molecular weight is 578 g/mol. The molecule has 17 heteroatoms. The van der Waals surface area contributed by atoms with Crippen LogP contribution in [0.3, 0.4) is 0 Å². The molecule has 0 saturated carbocycles. The summed E-state index contributed by atoms with van der Waals surface area (Å²) in [6.45, 7) is 6.03. The van der Waals surface area contributed by atoms with Crippen molar-refractivity contribution in [3.05, 3.63) is 70.8 Å². The first-order chi connectivity index (χ1) is 20.1. The fraction of sp³-hybridized carbons (Fsp3) is 0.360. The van der Waals surface area contributed by atoms with Crippen LogP contribution in [0.4, 0.5) is 11.9 Å². The Hall–Kier alpha value is -5.32. The zero-order valence-corrected chi connectivity index (χ0v) is 23.2. The number of aromatic nitrogens is 10. The molecule has 42 heavy (non-hydrogen) atoms. The van der Waals surface area contributed by atoms with Gasteiger partial charge < -0.3 is 26.6 Å². The Kier molecular flexibility index (Phi) is 11.5. The highest BCUT2D eigenvalue weighted by Gasteiger charge is 2.13. The van der Waals surface area contributed by atoms with Gasteiger partial charge in [0.1, 0.15) is 6.04 Å². The Morgan fingerprint density at radius 2 is 1.14 bits per heavy atom. The van der Waals surface area contributed by atoms with Crippen LogP contribution >= 0.6 is 0 Å². The second-order valence-corrected chi connectivity index (χ2v) is 9.16. The molecule has 4 aromatic heterocycles. The van der Waals surface area contributed by atoms with E-state index in [1.54, 1.807) is 39.2 Å². The van der Waals surface area contributed by atoms with Crippen LogP contribution in [0.2, 0.25) is 0 Å². The molecule has 0 aliphatic carbocycles. The van der Waals surface area contributed by atoms with Crippen LogP contribution in [0.5, 0.6) is 0 Å². The molecule has 0 amide bonds. The smallest absolute Gasteiger partial charge is 0.320 e. The van der Waals surface area contributed by atoms with Crippen LogP contribution in [0.15, 0.2) is 36.7 Å². The maximum atomic E-state index is 10.8. The minimum atomic E-state index is -1.04. The van der Waals surface area contributed by atoms with Crippen molar-refractivity contribution in [2.75, 3.05) is 10.6 Å². The largest absolute Gasteiger partial charge is 0.481 e. The fourth-order valence-corrected chi connectivity index (χ4v) is 3.14. The zero-order valence-electron chi connectivity index (χ0n) is 23.2. The first-order valence-corrected chi connectivity index (χ1v) is 12.7. The summed E-state index contributed by atoms with van der Waals surface area (Å²) < 4.78 is 0. The SMILES string of the molecule is Cc1nnc(NCc2ccc(C[C@H](C)C(=O)O)nc2)nn1.Cc1nnc(NCc2ccc(C[C@H](N)C(=O)O)nc2)nn1. The van der Waals surface area contributed by atoms with E-state index >= 15 is 0 Å². The number of nitrogens with zero attached hydrogens (tertiary/aromatic N) is 10. The van der Waals surface area contributed by atoms with Crippen LogP contribution in [-0.4, -0.2) is 79.0 Å². The van der Waals surface area contributed by atoms with E-state index in [1.807, 2.05) is 18.2 Å². The summed E-state index contributed by atoms with van der Waals surface area (Å²) >= 11 is 0. The molecular formula is C25H31N13O4. The molecule has 0 fully saturated rings. The number of nitrogens with one attached hydrogen (secondary N) is 2. The van der Waals surface area contributed by atoms with E-state index in [-0.39, 0.29) is 6.42 Å². The number of rotatable bonds is 12. The van der Waals surface area contributed by atoms with E-state index < -0.39 is 23.9 Å². The van der Waals surface area contributed by atoms with E-state index in [0.29, 0.717) is 48.7 Å². The Bertz CT molecular complexity index is 1310. The van der Waals surface area contributed by atoms with E-state index in [4.69, 9.17) is 15.9 Å². The maximum absolute atomic E-state index is 10.8. The summed E-state index contributed by atoms with van der Waals surface area (Å²) in [5.41, 5.74) is 8.66. The number of nitrogens with two attached hydrogens (primary N) is 1. The molecule has 4 aromatic rings. The minimum absolute atomic E-state index is 0.192. The van der Waals surface area contributed by atoms with Crippen molar-refractivity contribution in [3.63, 3.8) is 0 Å². The number of hydrogen-bond acceptors (Lipinski definition) is 15. The Balaban J connectivity index is 0.000000230. The second kappa shape index (κ2) is 15.5. The first-order valence-electron chi connectivity index (χ1n) is 12.7. The predicted octanol–water partition coefficient (Wildman–Crippen LogP) is 0.382. The van der Waals surface area contributed by atoms with Crippen molar-refractivity contribution in [2.45, 2.75) is 52.7 Å². The monoisotopic (exact) mass is 577 g/mol. The van der Waals surface area contributed by atoms with Gasteiger partial charge >= 0.3 is 11.9 Å². The molecule has 0 aromatic carbocycles. The Morgan fingerprint density at radius 1 is 0.714 bits per heavy atom. The summed E-state index contributed by atoms with van der Waals surface area (Å²) in [5, 5.41) is 54.1. The molecule has 0 spiro atoms.